The van der Waals surface area contributed by atoms with Gasteiger partial charge in [-0.2, -0.15) is 0 Å². The lowest BCUT2D eigenvalue weighted by Crippen LogP contribution is -2.70. The molecule has 6 N–H and O–H groups in total. The number of nitrogens with one attached hydrogen (secondary N) is 2. The number of benzene rings is 1. The van der Waals surface area contributed by atoms with Crippen molar-refractivity contribution in [3.63, 3.8) is 0 Å². The molecule has 9 heteroatoms. The number of aryl methyl sites for hydroxylation is 1. The Labute approximate surface area is 211 Å². The third-order valence-corrected chi connectivity index (χ3v) is 7.98. The SMILES string of the molecule is CC.Cc1ccc(O)cc1C12CCN(C)C(C)C1(O)Cc1cc(C(=O)NC(C)C(N)=O)c(=O)[nH]c1C2. The van der Waals surface area contributed by atoms with Gasteiger partial charge < -0.3 is 31.1 Å². The van der Waals surface area contributed by atoms with E-state index in [4.69, 9.17) is 5.73 Å². The number of fused-ring (bicyclic) bond motifs is 2. The Morgan fingerprint density at radius 2 is 1.92 bits per heavy atom. The first-order chi connectivity index (χ1) is 16.9. The van der Waals surface area contributed by atoms with E-state index >= 15 is 0 Å². The van der Waals surface area contributed by atoms with Gasteiger partial charge in [-0.1, -0.05) is 19.9 Å². The fraction of sp³-hybridized carbons (Fsp3) is 0.519. The minimum absolute atomic E-state index is 0.124. The fourth-order valence-electron chi connectivity index (χ4n) is 5.72. The van der Waals surface area contributed by atoms with Crippen LogP contribution < -0.4 is 16.6 Å². The molecule has 9 nitrogen and oxygen atoms in total. The lowest BCUT2D eigenvalue weighted by atomic mass is 9.53. The van der Waals surface area contributed by atoms with Gasteiger partial charge in [-0.3, -0.25) is 14.4 Å². The number of carbonyl (C=O) groups excluding carboxylic acids is 2. The molecule has 36 heavy (non-hydrogen) atoms. The molecule has 2 aliphatic rings. The van der Waals surface area contributed by atoms with Crippen molar-refractivity contribution in [1.82, 2.24) is 15.2 Å². The summed E-state index contributed by atoms with van der Waals surface area (Å²) in [6, 6.07) is 5.54. The normalized spacial score (nSPS) is 26.0. The van der Waals surface area contributed by atoms with Crippen molar-refractivity contribution in [3.8, 4) is 5.75 Å². The molecule has 1 aromatic carbocycles. The summed E-state index contributed by atoms with van der Waals surface area (Å²) in [6.07, 6.45) is 1.20. The minimum Gasteiger partial charge on any atom is -0.508 e. The predicted molar refractivity (Wildman–Crippen MR) is 138 cm³/mol. The van der Waals surface area contributed by atoms with Crippen LogP contribution in [0.2, 0.25) is 0 Å². The van der Waals surface area contributed by atoms with E-state index in [-0.39, 0.29) is 23.8 Å². The molecule has 1 saturated heterocycles. The minimum atomic E-state index is -1.22. The molecule has 2 aromatic rings. The van der Waals surface area contributed by atoms with Gasteiger partial charge in [0.1, 0.15) is 17.4 Å². The van der Waals surface area contributed by atoms with Gasteiger partial charge in [0, 0.05) is 30.0 Å². The van der Waals surface area contributed by atoms with Crippen LogP contribution in [0.4, 0.5) is 0 Å². The number of aromatic amines is 1. The maximum Gasteiger partial charge on any atom is 0.261 e. The summed E-state index contributed by atoms with van der Waals surface area (Å²) in [5, 5.41) is 25.1. The van der Waals surface area contributed by atoms with E-state index in [2.05, 4.69) is 15.2 Å². The van der Waals surface area contributed by atoms with Gasteiger partial charge in [0.25, 0.3) is 11.5 Å². The van der Waals surface area contributed by atoms with Crippen LogP contribution in [-0.4, -0.2) is 63.2 Å². The van der Waals surface area contributed by atoms with Gasteiger partial charge in [0.05, 0.1) is 5.60 Å². The van der Waals surface area contributed by atoms with Crippen molar-refractivity contribution in [1.29, 1.82) is 0 Å². The molecule has 4 rings (SSSR count). The molecular weight excluding hydrogens is 460 g/mol. The van der Waals surface area contributed by atoms with Crippen LogP contribution in [0.15, 0.2) is 29.1 Å². The highest BCUT2D eigenvalue weighted by molar-refractivity contribution is 5.97. The Morgan fingerprint density at radius 3 is 2.56 bits per heavy atom. The standard InChI is InChI=1S/C25H32N4O5.C2H6/c1-13-5-6-17(30)10-19(13)24-7-8-29(4)15(3)25(24,34)11-16-9-18(23(33)28-20(16)12-24)22(32)27-14(2)21(26)31;1-2/h5-6,9-10,14-15,30,34H,7-8,11-12H2,1-4H3,(H2,26,31)(H,27,32)(H,28,33);1-2H3. The molecule has 1 fully saturated rings. The van der Waals surface area contributed by atoms with E-state index in [0.29, 0.717) is 24.1 Å². The first-order valence-electron chi connectivity index (χ1n) is 12.5. The highest BCUT2D eigenvalue weighted by Crippen LogP contribution is 2.53. The van der Waals surface area contributed by atoms with Gasteiger partial charge in [0.15, 0.2) is 0 Å². The Morgan fingerprint density at radius 1 is 1.25 bits per heavy atom. The molecule has 0 spiro atoms. The van der Waals surface area contributed by atoms with Crippen molar-refractivity contribution in [2.45, 2.75) is 77.0 Å². The third-order valence-electron chi connectivity index (χ3n) is 7.98. The molecular formula is C27H38N4O5. The van der Waals surface area contributed by atoms with Crippen LogP contribution in [0.25, 0.3) is 0 Å². The largest absolute Gasteiger partial charge is 0.508 e. The Hall–Kier alpha value is -3.17. The first-order valence-corrected chi connectivity index (χ1v) is 12.5. The second-order valence-corrected chi connectivity index (χ2v) is 9.88. The second kappa shape index (κ2) is 10.1. The highest BCUT2D eigenvalue weighted by atomic mass is 16.3. The zero-order valence-electron chi connectivity index (χ0n) is 21.9. The van der Waals surface area contributed by atoms with Crippen LogP contribution in [0.5, 0.6) is 5.75 Å². The van der Waals surface area contributed by atoms with Crippen LogP contribution in [-0.2, 0) is 23.1 Å². The quantitative estimate of drug-likeness (QED) is 0.431. The van der Waals surface area contributed by atoms with Crippen LogP contribution in [0.1, 0.15) is 66.9 Å². The molecule has 0 radical (unpaired) electrons. The molecule has 2 heterocycles. The molecule has 1 aromatic heterocycles. The number of likely N-dealkylation sites (N-methyl/N-ethyl adjacent to an activating group) is 1. The summed E-state index contributed by atoms with van der Waals surface area (Å²) in [5.41, 5.74) is 5.72. The molecule has 0 saturated carbocycles. The smallest absolute Gasteiger partial charge is 0.261 e. The number of primary amides is 1. The van der Waals surface area contributed by atoms with E-state index in [1.54, 1.807) is 12.1 Å². The molecule has 1 aliphatic heterocycles. The van der Waals surface area contributed by atoms with Crippen molar-refractivity contribution in [2.75, 3.05) is 13.6 Å². The number of pyridine rings is 1. The number of carbonyl (C=O) groups is 2. The first kappa shape index (κ1) is 27.4. The number of phenols is 1. The van der Waals surface area contributed by atoms with E-state index in [1.165, 1.54) is 13.0 Å². The number of aromatic nitrogens is 1. The maximum atomic E-state index is 12.9. The molecule has 4 unspecified atom stereocenters. The number of amides is 2. The zero-order valence-corrected chi connectivity index (χ0v) is 21.9. The van der Waals surface area contributed by atoms with Crippen molar-refractivity contribution < 1.29 is 19.8 Å². The number of piperidine rings is 1. The molecule has 196 valence electrons. The van der Waals surface area contributed by atoms with Crippen molar-refractivity contribution in [3.05, 3.63) is 62.6 Å². The summed E-state index contributed by atoms with van der Waals surface area (Å²) in [5.74, 6) is -1.28. The number of nitrogens with zero attached hydrogens (tertiary/aromatic N) is 1. The number of rotatable bonds is 4. The molecule has 4 atom stereocenters. The Kier molecular flexibility index (Phi) is 7.66. The van der Waals surface area contributed by atoms with E-state index in [9.17, 15) is 24.6 Å². The number of likely N-dealkylation sites (tertiary alicyclic amines) is 1. The Balaban J connectivity index is 0.00000176. The second-order valence-electron chi connectivity index (χ2n) is 9.88. The zero-order chi connectivity index (χ0) is 27.0. The molecule has 2 amide bonds. The van der Waals surface area contributed by atoms with Gasteiger partial charge in [-0.15, -0.1) is 0 Å². The van der Waals surface area contributed by atoms with Gasteiger partial charge in [-0.25, -0.2) is 0 Å². The van der Waals surface area contributed by atoms with Crippen LogP contribution in [0, 0.1) is 6.92 Å². The summed E-state index contributed by atoms with van der Waals surface area (Å²) in [6.45, 7) is 10.1. The van der Waals surface area contributed by atoms with Crippen LogP contribution in [0.3, 0.4) is 0 Å². The molecule has 0 bridgehead atoms. The summed E-state index contributed by atoms with van der Waals surface area (Å²) in [7, 11) is 1.97. The summed E-state index contributed by atoms with van der Waals surface area (Å²) < 4.78 is 0. The lowest BCUT2D eigenvalue weighted by Gasteiger charge is -2.59. The average Bonchev–Trinajstić information content (AvgIpc) is 2.83. The topological polar surface area (TPSA) is 149 Å². The Bertz CT molecular complexity index is 1230. The monoisotopic (exact) mass is 498 g/mol. The van der Waals surface area contributed by atoms with Gasteiger partial charge >= 0.3 is 0 Å². The van der Waals surface area contributed by atoms with Crippen molar-refractivity contribution in [2.24, 2.45) is 5.73 Å². The number of hydrogen-bond donors (Lipinski definition) is 5. The van der Waals surface area contributed by atoms with E-state index in [0.717, 1.165) is 17.7 Å². The number of nitrogens with two attached hydrogens (primary N) is 1. The van der Waals surface area contributed by atoms with Gasteiger partial charge in [0.2, 0.25) is 5.91 Å². The number of hydrogen-bond acceptors (Lipinski definition) is 6. The van der Waals surface area contributed by atoms with Crippen LogP contribution >= 0.6 is 0 Å². The third kappa shape index (κ3) is 4.41. The number of aliphatic hydroxyl groups is 1. The number of aromatic hydroxyl groups is 1. The maximum absolute atomic E-state index is 12.9. The lowest BCUT2D eigenvalue weighted by molar-refractivity contribution is -0.132. The summed E-state index contributed by atoms with van der Waals surface area (Å²) >= 11 is 0. The predicted octanol–water partition coefficient (Wildman–Crippen LogP) is 1.51. The average molecular weight is 499 g/mol. The number of H-pyrrole nitrogens is 1. The number of phenolic OH excluding ortho intramolecular Hbond substituents is 1. The van der Waals surface area contributed by atoms with E-state index in [1.807, 2.05) is 40.8 Å². The van der Waals surface area contributed by atoms with Crippen molar-refractivity contribution >= 4 is 11.8 Å². The van der Waals surface area contributed by atoms with E-state index < -0.39 is 34.4 Å². The summed E-state index contributed by atoms with van der Waals surface area (Å²) in [4.78, 5) is 41.8. The molecule has 1 aliphatic carbocycles. The highest BCUT2D eigenvalue weighted by Gasteiger charge is 2.60. The van der Waals surface area contributed by atoms with Gasteiger partial charge in [-0.05, 0) is 75.7 Å². The fourth-order valence-corrected chi connectivity index (χ4v) is 5.72.